The summed E-state index contributed by atoms with van der Waals surface area (Å²) in [6.07, 6.45) is 1.92. The molecule has 1 aliphatic heterocycles. The van der Waals surface area contributed by atoms with Crippen LogP contribution in [0.25, 0.3) is 6.08 Å². The Morgan fingerprint density at radius 2 is 1.88 bits per heavy atom. The van der Waals surface area contributed by atoms with Crippen LogP contribution in [0.5, 0.6) is 0 Å². The van der Waals surface area contributed by atoms with Crippen molar-refractivity contribution in [2.45, 2.75) is 45.8 Å². The van der Waals surface area contributed by atoms with Crippen LogP contribution in [0.1, 0.15) is 40.2 Å². The molecular weight excluding hydrogens is 371 g/mol. The highest BCUT2D eigenvalue weighted by molar-refractivity contribution is 9.10. The second-order valence-corrected chi connectivity index (χ2v) is 7.91. The van der Waals surface area contributed by atoms with Gasteiger partial charge in [0.2, 0.25) is 5.91 Å². The van der Waals surface area contributed by atoms with E-state index in [0.29, 0.717) is 12.2 Å². The van der Waals surface area contributed by atoms with Crippen molar-refractivity contribution in [2.75, 3.05) is 12.3 Å². The van der Waals surface area contributed by atoms with Gasteiger partial charge >= 0.3 is 7.12 Å². The zero-order chi connectivity index (χ0) is 18.1. The Morgan fingerprint density at radius 1 is 1.29 bits per heavy atom. The number of hydrogen-bond acceptors (Lipinski definition) is 4. The summed E-state index contributed by atoms with van der Waals surface area (Å²) in [5.41, 5.74) is 7.51. The number of nitrogen functional groups attached to an aromatic ring is 1. The normalized spacial score (nSPS) is 19.4. The maximum Gasteiger partial charge on any atom is 0.492 e. The summed E-state index contributed by atoms with van der Waals surface area (Å²) in [5.74, 6) is -0.110. The Bertz CT molecular complexity index is 658. The van der Waals surface area contributed by atoms with E-state index in [0.717, 1.165) is 15.5 Å². The molecule has 0 spiro atoms. The van der Waals surface area contributed by atoms with Crippen LogP contribution in [-0.4, -0.2) is 30.8 Å². The second-order valence-electron chi connectivity index (χ2n) is 6.99. The first-order chi connectivity index (χ1) is 11.0. The second kappa shape index (κ2) is 6.90. The molecule has 0 saturated carbocycles. The quantitative estimate of drug-likeness (QED) is 0.607. The van der Waals surface area contributed by atoms with Gasteiger partial charge in [-0.05, 0) is 50.9 Å². The van der Waals surface area contributed by atoms with Crippen molar-refractivity contribution in [3.8, 4) is 0 Å². The van der Waals surface area contributed by atoms with Gasteiger partial charge in [0.25, 0.3) is 0 Å². The van der Waals surface area contributed by atoms with Gasteiger partial charge in [0.1, 0.15) is 0 Å². The molecule has 0 radical (unpaired) electrons. The van der Waals surface area contributed by atoms with E-state index in [9.17, 15) is 4.79 Å². The lowest BCUT2D eigenvalue weighted by atomic mass is 9.77. The van der Waals surface area contributed by atoms with Gasteiger partial charge in [0.05, 0.1) is 11.2 Å². The molecule has 0 atom stereocenters. The summed E-state index contributed by atoms with van der Waals surface area (Å²) in [6.45, 7) is 9.81. The molecule has 130 valence electrons. The van der Waals surface area contributed by atoms with Crippen LogP contribution in [0.2, 0.25) is 0 Å². The summed E-state index contributed by atoms with van der Waals surface area (Å²) in [5, 5.41) is 2.81. The molecule has 1 saturated heterocycles. The van der Waals surface area contributed by atoms with E-state index >= 15 is 0 Å². The number of carbonyl (C=O) groups is 1. The fourth-order valence-electron chi connectivity index (χ4n) is 2.30. The summed E-state index contributed by atoms with van der Waals surface area (Å²) in [4.78, 5) is 11.3. The molecule has 3 N–H and O–H groups in total. The van der Waals surface area contributed by atoms with Gasteiger partial charge in [-0.2, -0.15) is 0 Å². The highest BCUT2D eigenvalue weighted by Gasteiger charge is 2.52. The number of amides is 1. The van der Waals surface area contributed by atoms with Crippen molar-refractivity contribution in [3.63, 3.8) is 0 Å². The number of anilines is 1. The van der Waals surface area contributed by atoms with Gasteiger partial charge < -0.3 is 20.4 Å². The first-order valence-corrected chi connectivity index (χ1v) is 8.67. The molecule has 1 fully saturated rings. The monoisotopic (exact) mass is 394 g/mol. The average molecular weight is 395 g/mol. The van der Waals surface area contributed by atoms with E-state index in [2.05, 4.69) is 21.2 Å². The molecule has 1 aromatic rings. The molecule has 1 amide bonds. The molecule has 7 heteroatoms. The maximum absolute atomic E-state index is 11.3. The third-order valence-corrected chi connectivity index (χ3v) is 4.98. The van der Waals surface area contributed by atoms with Crippen LogP contribution in [0.3, 0.4) is 0 Å². The van der Waals surface area contributed by atoms with Gasteiger partial charge in [-0.3, -0.25) is 4.79 Å². The van der Waals surface area contributed by atoms with Crippen LogP contribution in [-0.2, 0) is 14.1 Å². The predicted molar refractivity (Wildman–Crippen MR) is 101 cm³/mol. The average Bonchev–Trinajstić information content (AvgIpc) is 2.65. The maximum atomic E-state index is 11.3. The SMILES string of the molecule is CC(=O)NCC(=Cc1ccc(Br)cc1N)B1OC(C)(C)C(C)(C)O1. The molecule has 5 nitrogen and oxygen atoms in total. The Labute approximate surface area is 152 Å². The topological polar surface area (TPSA) is 73.6 Å². The summed E-state index contributed by atoms with van der Waals surface area (Å²) < 4.78 is 13.1. The predicted octanol–water partition coefficient (Wildman–Crippen LogP) is 3.18. The van der Waals surface area contributed by atoms with E-state index < -0.39 is 18.3 Å². The first kappa shape index (κ1) is 19.0. The van der Waals surface area contributed by atoms with Gasteiger partial charge in [0.15, 0.2) is 0 Å². The standard InChI is InChI=1S/C17H24BBrN2O3/c1-11(22)21-10-13(8-12-6-7-14(19)9-15(12)20)18-23-16(2,3)17(4,5)24-18/h6-9H,10,20H2,1-5H3,(H,21,22). The van der Waals surface area contributed by atoms with E-state index in [1.54, 1.807) is 0 Å². The number of nitrogens with two attached hydrogens (primary N) is 1. The molecule has 24 heavy (non-hydrogen) atoms. The molecule has 1 aliphatic rings. The Morgan fingerprint density at radius 3 is 2.38 bits per heavy atom. The van der Waals surface area contributed by atoms with Crippen molar-refractivity contribution < 1.29 is 14.1 Å². The van der Waals surface area contributed by atoms with Crippen molar-refractivity contribution >= 4 is 40.7 Å². The molecule has 1 aromatic carbocycles. The minimum Gasteiger partial charge on any atom is -0.400 e. The molecular formula is C17H24BBrN2O3. The van der Waals surface area contributed by atoms with Gasteiger partial charge in [-0.15, -0.1) is 0 Å². The number of benzene rings is 1. The third-order valence-electron chi connectivity index (χ3n) is 4.49. The van der Waals surface area contributed by atoms with Crippen LogP contribution >= 0.6 is 15.9 Å². The van der Waals surface area contributed by atoms with E-state index in [-0.39, 0.29) is 5.91 Å². The smallest absolute Gasteiger partial charge is 0.400 e. The molecule has 1 heterocycles. The number of nitrogens with one attached hydrogen (secondary N) is 1. The van der Waals surface area contributed by atoms with E-state index in [1.807, 2.05) is 52.0 Å². The molecule has 0 aromatic heterocycles. The minimum atomic E-state index is -0.537. The molecule has 0 aliphatic carbocycles. The van der Waals surface area contributed by atoms with Crippen molar-refractivity contribution in [1.82, 2.24) is 5.32 Å². The fraction of sp³-hybridized carbons (Fsp3) is 0.471. The summed E-state index contributed by atoms with van der Waals surface area (Å²) in [7, 11) is -0.537. The lowest BCUT2D eigenvalue weighted by Crippen LogP contribution is -2.41. The minimum absolute atomic E-state index is 0.110. The van der Waals surface area contributed by atoms with Crippen LogP contribution in [0.15, 0.2) is 28.1 Å². The van der Waals surface area contributed by atoms with Crippen LogP contribution in [0, 0.1) is 0 Å². The lowest BCUT2D eigenvalue weighted by molar-refractivity contribution is -0.118. The van der Waals surface area contributed by atoms with Crippen molar-refractivity contribution in [1.29, 1.82) is 0 Å². The first-order valence-electron chi connectivity index (χ1n) is 7.87. The largest absolute Gasteiger partial charge is 0.492 e. The van der Waals surface area contributed by atoms with E-state index in [4.69, 9.17) is 15.0 Å². The molecule has 0 unspecified atom stereocenters. The lowest BCUT2D eigenvalue weighted by Gasteiger charge is -2.32. The molecule has 0 bridgehead atoms. The van der Waals surface area contributed by atoms with Gasteiger partial charge in [-0.25, -0.2) is 0 Å². The highest BCUT2D eigenvalue weighted by atomic mass is 79.9. The number of carbonyl (C=O) groups excluding carboxylic acids is 1. The Kier molecular flexibility index (Phi) is 5.47. The fourth-order valence-corrected chi connectivity index (χ4v) is 2.68. The van der Waals surface area contributed by atoms with E-state index in [1.165, 1.54) is 6.92 Å². The van der Waals surface area contributed by atoms with Crippen molar-refractivity contribution in [2.24, 2.45) is 0 Å². The summed E-state index contributed by atoms with van der Waals surface area (Å²) in [6, 6.07) is 5.67. The van der Waals surface area contributed by atoms with Crippen LogP contribution in [0.4, 0.5) is 5.69 Å². The van der Waals surface area contributed by atoms with Crippen molar-refractivity contribution in [3.05, 3.63) is 33.7 Å². The zero-order valence-corrected chi connectivity index (χ0v) is 16.4. The Balaban J connectivity index is 2.35. The van der Waals surface area contributed by atoms with Gasteiger partial charge in [-0.1, -0.05) is 28.1 Å². The zero-order valence-electron chi connectivity index (χ0n) is 14.8. The number of hydrogen-bond donors (Lipinski definition) is 2. The number of rotatable bonds is 4. The Hall–Kier alpha value is -1.31. The third kappa shape index (κ3) is 4.20. The van der Waals surface area contributed by atoms with Gasteiger partial charge in [0, 0.05) is 23.6 Å². The highest BCUT2D eigenvalue weighted by Crippen LogP contribution is 2.39. The molecule has 2 rings (SSSR count). The number of halogens is 1. The van der Waals surface area contributed by atoms with Crippen LogP contribution < -0.4 is 11.1 Å². The summed E-state index contributed by atoms with van der Waals surface area (Å²) >= 11 is 3.40.